The molecule has 28 heavy (non-hydrogen) atoms. The van der Waals surface area contributed by atoms with Crippen LogP contribution in [0.3, 0.4) is 0 Å². The fraction of sp³-hybridized carbons (Fsp3) is 0.150. The number of carbonyl (C=O) groups is 2. The van der Waals surface area contributed by atoms with Crippen LogP contribution in [0.1, 0.15) is 10.4 Å². The van der Waals surface area contributed by atoms with Gasteiger partial charge in [0.05, 0.1) is 17.3 Å². The van der Waals surface area contributed by atoms with Gasteiger partial charge in [-0.3, -0.25) is 9.59 Å². The van der Waals surface area contributed by atoms with Crippen molar-refractivity contribution in [3.05, 3.63) is 71.5 Å². The van der Waals surface area contributed by atoms with Gasteiger partial charge in [-0.15, -0.1) is 0 Å². The fourth-order valence-electron chi connectivity index (χ4n) is 2.56. The molecule has 8 heteroatoms. The van der Waals surface area contributed by atoms with Gasteiger partial charge in [0.15, 0.2) is 0 Å². The number of nitrogens with one attached hydrogen (secondary N) is 2. The molecule has 0 spiro atoms. The van der Waals surface area contributed by atoms with Crippen LogP contribution in [0.4, 0.5) is 11.4 Å². The summed E-state index contributed by atoms with van der Waals surface area (Å²) in [4.78, 5) is 25.5. The van der Waals surface area contributed by atoms with Crippen LogP contribution in [0, 0.1) is 0 Å². The molecule has 1 heterocycles. The number of rotatable bonds is 6. The first kappa shape index (κ1) is 19.4. The number of aromatic nitrogens is 2. The molecular formula is C20H20ClN5O2. The van der Waals surface area contributed by atoms with Gasteiger partial charge in [-0.1, -0.05) is 11.6 Å². The molecule has 3 rings (SSSR count). The molecule has 0 aliphatic heterocycles. The maximum absolute atomic E-state index is 12.2. The Morgan fingerprint density at radius 2 is 1.82 bits per heavy atom. The number of anilines is 2. The third kappa shape index (κ3) is 4.69. The molecule has 3 aromatic rings. The number of hydrogen-bond donors (Lipinski definition) is 2. The zero-order valence-electron chi connectivity index (χ0n) is 15.5. The molecule has 0 bridgehead atoms. The summed E-state index contributed by atoms with van der Waals surface area (Å²) in [6.45, 7) is 0.0792. The third-order valence-electron chi connectivity index (χ3n) is 3.97. The number of hydrogen-bond acceptors (Lipinski definition) is 4. The lowest BCUT2D eigenvalue weighted by atomic mass is 10.2. The Bertz CT molecular complexity index is 969. The molecule has 0 saturated carbocycles. The Morgan fingerprint density at radius 1 is 1.11 bits per heavy atom. The molecule has 0 saturated heterocycles. The number of amides is 2. The maximum Gasteiger partial charge on any atom is 0.253 e. The summed E-state index contributed by atoms with van der Waals surface area (Å²) >= 11 is 6.30. The normalized spacial score (nSPS) is 10.4. The summed E-state index contributed by atoms with van der Waals surface area (Å²) in [5, 5.41) is 10.5. The van der Waals surface area contributed by atoms with Crippen molar-refractivity contribution >= 4 is 34.8 Å². The Balaban J connectivity index is 1.56. The second-order valence-electron chi connectivity index (χ2n) is 6.30. The second-order valence-corrected chi connectivity index (χ2v) is 6.70. The number of benzene rings is 2. The van der Waals surface area contributed by atoms with Crippen molar-refractivity contribution in [2.75, 3.05) is 31.3 Å². The van der Waals surface area contributed by atoms with E-state index in [0.29, 0.717) is 16.3 Å². The van der Waals surface area contributed by atoms with Crippen LogP contribution >= 0.6 is 11.6 Å². The first-order valence-corrected chi connectivity index (χ1v) is 8.97. The molecule has 0 unspecified atom stereocenters. The molecule has 2 amide bonds. The van der Waals surface area contributed by atoms with E-state index in [9.17, 15) is 9.59 Å². The van der Waals surface area contributed by atoms with E-state index < -0.39 is 0 Å². The van der Waals surface area contributed by atoms with Gasteiger partial charge in [-0.05, 0) is 48.5 Å². The number of halogens is 1. The van der Waals surface area contributed by atoms with Crippen molar-refractivity contribution < 1.29 is 9.59 Å². The van der Waals surface area contributed by atoms with Gasteiger partial charge in [-0.2, -0.15) is 5.10 Å². The molecule has 0 aliphatic rings. The summed E-state index contributed by atoms with van der Waals surface area (Å²) in [5.41, 5.74) is 2.67. The van der Waals surface area contributed by atoms with Crippen LogP contribution in [0.2, 0.25) is 5.02 Å². The highest BCUT2D eigenvalue weighted by Crippen LogP contribution is 2.23. The van der Waals surface area contributed by atoms with Crippen LogP contribution in [-0.4, -0.2) is 47.1 Å². The summed E-state index contributed by atoms with van der Waals surface area (Å²) in [6.07, 6.45) is 3.48. The maximum atomic E-state index is 12.2. The highest BCUT2D eigenvalue weighted by molar-refractivity contribution is 6.32. The van der Waals surface area contributed by atoms with E-state index in [1.165, 1.54) is 4.90 Å². The first-order valence-electron chi connectivity index (χ1n) is 8.59. The molecule has 0 atom stereocenters. The molecule has 1 aromatic heterocycles. The predicted octanol–water partition coefficient (Wildman–Crippen LogP) is 3.28. The minimum Gasteiger partial charge on any atom is -0.376 e. The van der Waals surface area contributed by atoms with Gasteiger partial charge < -0.3 is 15.5 Å². The van der Waals surface area contributed by atoms with Gasteiger partial charge in [0.2, 0.25) is 5.91 Å². The van der Waals surface area contributed by atoms with E-state index in [1.54, 1.807) is 61.5 Å². The minimum absolute atomic E-state index is 0.0792. The summed E-state index contributed by atoms with van der Waals surface area (Å²) < 4.78 is 1.67. The molecule has 0 fully saturated rings. The number of nitrogens with zero attached hydrogens (tertiary/aromatic N) is 3. The van der Waals surface area contributed by atoms with E-state index in [0.717, 1.165) is 11.4 Å². The fourth-order valence-corrected chi connectivity index (χ4v) is 2.82. The Kier molecular flexibility index (Phi) is 5.96. The Hall–Kier alpha value is -3.32. The highest BCUT2D eigenvalue weighted by atomic mass is 35.5. The average molecular weight is 398 g/mol. The summed E-state index contributed by atoms with van der Waals surface area (Å²) in [7, 11) is 3.38. The summed E-state index contributed by atoms with van der Waals surface area (Å²) in [5.74, 6) is -0.297. The van der Waals surface area contributed by atoms with Crippen LogP contribution in [0.5, 0.6) is 0 Å². The van der Waals surface area contributed by atoms with Crippen LogP contribution in [0.25, 0.3) is 5.69 Å². The topological polar surface area (TPSA) is 79.3 Å². The quantitative estimate of drug-likeness (QED) is 0.669. The van der Waals surface area contributed by atoms with Crippen molar-refractivity contribution in [1.82, 2.24) is 14.7 Å². The predicted molar refractivity (Wildman–Crippen MR) is 110 cm³/mol. The molecule has 144 valence electrons. The van der Waals surface area contributed by atoms with Crippen molar-refractivity contribution in [2.45, 2.75) is 0 Å². The lowest BCUT2D eigenvalue weighted by Crippen LogP contribution is -2.23. The van der Waals surface area contributed by atoms with Gasteiger partial charge in [-0.25, -0.2) is 4.68 Å². The zero-order chi connectivity index (χ0) is 20.1. The Morgan fingerprint density at radius 3 is 2.43 bits per heavy atom. The average Bonchev–Trinajstić information content (AvgIpc) is 3.21. The van der Waals surface area contributed by atoms with Crippen LogP contribution in [0.15, 0.2) is 60.9 Å². The van der Waals surface area contributed by atoms with Crippen molar-refractivity contribution in [3.63, 3.8) is 0 Å². The van der Waals surface area contributed by atoms with Gasteiger partial charge in [0, 0.05) is 43.4 Å². The molecule has 2 N–H and O–H groups in total. The molecule has 2 aromatic carbocycles. The van der Waals surface area contributed by atoms with Gasteiger partial charge in [0.1, 0.15) is 0 Å². The zero-order valence-corrected chi connectivity index (χ0v) is 16.3. The largest absolute Gasteiger partial charge is 0.376 e. The number of carbonyl (C=O) groups excluding carboxylic acids is 2. The standard InChI is InChI=1S/C20H20ClN5O2/c1-25(2)20(28)14-4-6-15(7-5-14)24-19(27)13-22-16-8-9-18(17(21)12-16)26-11-3-10-23-26/h3-12,22H,13H2,1-2H3,(H,24,27). The van der Waals surface area contributed by atoms with Crippen LogP contribution < -0.4 is 10.6 Å². The smallest absolute Gasteiger partial charge is 0.253 e. The van der Waals surface area contributed by atoms with E-state index in [1.807, 2.05) is 18.2 Å². The molecule has 0 radical (unpaired) electrons. The van der Waals surface area contributed by atoms with Gasteiger partial charge in [0.25, 0.3) is 5.91 Å². The monoisotopic (exact) mass is 397 g/mol. The SMILES string of the molecule is CN(C)C(=O)c1ccc(NC(=O)CNc2ccc(-n3cccn3)c(Cl)c2)cc1. The van der Waals surface area contributed by atoms with E-state index in [2.05, 4.69) is 15.7 Å². The van der Waals surface area contributed by atoms with Crippen molar-refractivity contribution in [1.29, 1.82) is 0 Å². The lowest BCUT2D eigenvalue weighted by Gasteiger charge is -2.12. The highest BCUT2D eigenvalue weighted by Gasteiger charge is 2.09. The van der Waals surface area contributed by atoms with Crippen molar-refractivity contribution in [2.24, 2.45) is 0 Å². The second kappa shape index (κ2) is 8.58. The van der Waals surface area contributed by atoms with E-state index in [4.69, 9.17) is 11.6 Å². The third-order valence-corrected chi connectivity index (χ3v) is 4.28. The van der Waals surface area contributed by atoms with E-state index in [-0.39, 0.29) is 18.4 Å². The van der Waals surface area contributed by atoms with E-state index >= 15 is 0 Å². The van der Waals surface area contributed by atoms with Crippen molar-refractivity contribution in [3.8, 4) is 5.69 Å². The lowest BCUT2D eigenvalue weighted by molar-refractivity contribution is -0.114. The minimum atomic E-state index is -0.209. The van der Waals surface area contributed by atoms with Gasteiger partial charge >= 0.3 is 0 Å². The molecule has 7 nitrogen and oxygen atoms in total. The summed E-state index contributed by atoms with van der Waals surface area (Å²) in [6, 6.07) is 14.0. The molecule has 0 aliphatic carbocycles. The first-order chi connectivity index (χ1) is 13.4. The Labute approximate surface area is 167 Å². The molecular weight excluding hydrogens is 378 g/mol. The van der Waals surface area contributed by atoms with Crippen LogP contribution in [-0.2, 0) is 4.79 Å².